The zero-order valence-electron chi connectivity index (χ0n) is 12.4. The summed E-state index contributed by atoms with van der Waals surface area (Å²) in [7, 11) is 0. The highest BCUT2D eigenvalue weighted by Gasteiger charge is 2.33. The fourth-order valence-corrected chi connectivity index (χ4v) is 2.50. The van der Waals surface area contributed by atoms with Gasteiger partial charge >= 0.3 is 5.97 Å². The molecule has 0 fully saturated rings. The lowest BCUT2D eigenvalue weighted by Crippen LogP contribution is -2.30. The number of carbonyl (C=O) groups is 1. The van der Waals surface area contributed by atoms with E-state index < -0.39 is 11.4 Å². The van der Waals surface area contributed by atoms with Crippen molar-refractivity contribution in [3.05, 3.63) is 28.8 Å². The molecule has 0 atom stereocenters. The van der Waals surface area contributed by atoms with Gasteiger partial charge in [0.25, 0.3) is 0 Å². The minimum absolute atomic E-state index is 0.484. The van der Waals surface area contributed by atoms with Gasteiger partial charge in [-0.05, 0) is 50.3 Å². The maximum atomic E-state index is 11.4. The Labute approximate surface area is 125 Å². The van der Waals surface area contributed by atoms with Gasteiger partial charge in [-0.15, -0.1) is 0 Å². The maximum absolute atomic E-state index is 11.4. The standard InChI is InChI=1S/C16H23ClO3/c1-4-16(5-2,15(18)19)9-6-10-20-14-11-12(3)7-8-13(14)17/h7-8,11H,4-6,9-10H2,1-3H3,(H,18,19). The summed E-state index contributed by atoms with van der Waals surface area (Å²) >= 11 is 6.05. The lowest BCUT2D eigenvalue weighted by Gasteiger charge is -2.26. The number of carboxylic acids is 1. The molecule has 0 amide bonds. The number of hydrogen-bond donors (Lipinski definition) is 1. The van der Waals surface area contributed by atoms with E-state index in [1.54, 1.807) is 0 Å². The molecule has 3 nitrogen and oxygen atoms in total. The van der Waals surface area contributed by atoms with Crippen LogP contribution in [0, 0.1) is 12.3 Å². The number of aryl methyl sites for hydroxylation is 1. The van der Waals surface area contributed by atoms with Gasteiger partial charge in [0, 0.05) is 0 Å². The van der Waals surface area contributed by atoms with E-state index in [1.807, 2.05) is 39.0 Å². The van der Waals surface area contributed by atoms with Crippen molar-refractivity contribution in [2.45, 2.75) is 46.5 Å². The average molecular weight is 299 g/mol. The second kappa shape index (κ2) is 7.53. The first-order valence-corrected chi connectivity index (χ1v) is 7.45. The van der Waals surface area contributed by atoms with Gasteiger partial charge in [-0.2, -0.15) is 0 Å². The van der Waals surface area contributed by atoms with Gasteiger partial charge in [0.2, 0.25) is 0 Å². The maximum Gasteiger partial charge on any atom is 0.309 e. The van der Waals surface area contributed by atoms with E-state index in [2.05, 4.69) is 0 Å². The van der Waals surface area contributed by atoms with Crippen LogP contribution >= 0.6 is 11.6 Å². The molecule has 1 rings (SSSR count). The minimum Gasteiger partial charge on any atom is -0.492 e. The van der Waals surface area contributed by atoms with Crippen molar-refractivity contribution in [3.8, 4) is 5.75 Å². The molecule has 1 aromatic rings. The molecule has 20 heavy (non-hydrogen) atoms. The molecule has 1 aromatic carbocycles. The van der Waals surface area contributed by atoms with E-state index >= 15 is 0 Å². The number of hydrogen-bond acceptors (Lipinski definition) is 2. The van der Waals surface area contributed by atoms with Gasteiger partial charge in [-0.25, -0.2) is 0 Å². The van der Waals surface area contributed by atoms with Gasteiger partial charge in [0.1, 0.15) is 5.75 Å². The molecule has 0 heterocycles. The van der Waals surface area contributed by atoms with Crippen LogP contribution in [0.25, 0.3) is 0 Å². The molecule has 0 aliphatic heterocycles. The lowest BCUT2D eigenvalue weighted by atomic mass is 9.78. The van der Waals surface area contributed by atoms with Gasteiger partial charge < -0.3 is 9.84 Å². The van der Waals surface area contributed by atoms with Crippen LogP contribution in [-0.2, 0) is 4.79 Å². The van der Waals surface area contributed by atoms with E-state index in [9.17, 15) is 9.90 Å². The number of carboxylic acid groups (broad SMARTS) is 1. The minimum atomic E-state index is -0.712. The Morgan fingerprint density at radius 1 is 1.35 bits per heavy atom. The predicted molar refractivity (Wildman–Crippen MR) is 81.6 cm³/mol. The quantitative estimate of drug-likeness (QED) is 0.708. The van der Waals surface area contributed by atoms with E-state index in [-0.39, 0.29) is 0 Å². The van der Waals surface area contributed by atoms with Crippen LogP contribution in [0.4, 0.5) is 0 Å². The average Bonchev–Trinajstić information content (AvgIpc) is 2.43. The number of aliphatic carboxylic acids is 1. The highest BCUT2D eigenvalue weighted by Crippen LogP contribution is 2.32. The Kier molecular flexibility index (Phi) is 6.34. The summed E-state index contributed by atoms with van der Waals surface area (Å²) in [4.78, 5) is 11.4. The Balaban J connectivity index is 2.52. The van der Waals surface area contributed by atoms with Gasteiger partial charge in [-0.1, -0.05) is 31.5 Å². The third-order valence-electron chi connectivity index (χ3n) is 3.95. The first-order valence-electron chi connectivity index (χ1n) is 7.07. The van der Waals surface area contributed by atoms with Crippen molar-refractivity contribution in [1.82, 2.24) is 0 Å². The Morgan fingerprint density at radius 2 is 2.00 bits per heavy atom. The van der Waals surface area contributed by atoms with Crippen molar-refractivity contribution in [2.75, 3.05) is 6.61 Å². The number of rotatable bonds is 8. The summed E-state index contributed by atoms with van der Waals surface area (Å²) in [6, 6.07) is 5.64. The first kappa shape index (κ1) is 16.8. The topological polar surface area (TPSA) is 46.5 Å². The summed E-state index contributed by atoms with van der Waals surface area (Å²) in [6.45, 7) is 6.32. The van der Waals surface area contributed by atoms with Crippen LogP contribution in [0.1, 0.15) is 45.1 Å². The lowest BCUT2D eigenvalue weighted by molar-refractivity contribution is -0.150. The molecule has 0 radical (unpaired) electrons. The molecule has 0 saturated carbocycles. The van der Waals surface area contributed by atoms with Crippen molar-refractivity contribution in [3.63, 3.8) is 0 Å². The summed E-state index contributed by atoms with van der Waals surface area (Å²) in [5.74, 6) is -0.0447. The molecule has 0 unspecified atom stereocenters. The summed E-state index contributed by atoms with van der Waals surface area (Å²) in [5.41, 5.74) is 0.464. The normalized spacial score (nSPS) is 11.4. The zero-order chi connectivity index (χ0) is 15.2. The zero-order valence-corrected chi connectivity index (χ0v) is 13.2. The summed E-state index contributed by atoms with van der Waals surface area (Å²) in [5, 5.41) is 9.95. The summed E-state index contributed by atoms with van der Waals surface area (Å²) in [6.07, 6.45) is 2.62. The fraction of sp³-hybridized carbons (Fsp3) is 0.562. The Bertz CT molecular complexity index is 453. The number of benzene rings is 1. The van der Waals surface area contributed by atoms with Crippen molar-refractivity contribution in [1.29, 1.82) is 0 Å². The van der Waals surface area contributed by atoms with Crippen molar-refractivity contribution < 1.29 is 14.6 Å². The molecule has 0 aliphatic rings. The van der Waals surface area contributed by atoms with Gasteiger partial charge in [0.15, 0.2) is 0 Å². The smallest absolute Gasteiger partial charge is 0.309 e. The van der Waals surface area contributed by atoms with Crippen LogP contribution in [0.5, 0.6) is 5.75 Å². The van der Waals surface area contributed by atoms with Gasteiger partial charge in [0.05, 0.1) is 17.0 Å². The Hall–Kier alpha value is -1.22. The molecule has 0 aliphatic carbocycles. The number of halogens is 1. The highest BCUT2D eigenvalue weighted by atomic mass is 35.5. The van der Waals surface area contributed by atoms with Crippen LogP contribution in [0.15, 0.2) is 18.2 Å². The predicted octanol–water partition coefficient (Wildman–Crippen LogP) is 4.70. The molecule has 0 bridgehead atoms. The van der Waals surface area contributed by atoms with Crippen LogP contribution < -0.4 is 4.74 Å². The molecule has 0 spiro atoms. The largest absolute Gasteiger partial charge is 0.492 e. The van der Waals surface area contributed by atoms with Crippen molar-refractivity contribution >= 4 is 17.6 Å². The SMILES string of the molecule is CCC(CC)(CCCOc1cc(C)ccc1Cl)C(=O)O. The molecule has 0 aromatic heterocycles. The third kappa shape index (κ3) is 4.14. The fourth-order valence-electron chi connectivity index (χ4n) is 2.33. The van der Waals surface area contributed by atoms with Crippen molar-refractivity contribution in [2.24, 2.45) is 5.41 Å². The van der Waals surface area contributed by atoms with E-state index in [4.69, 9.17) is 16.3 Å². The molecule has 4 heteroatoms. The van der Waals surface area contributed by atoms with Crippen LogP contribution in [0.2, 0.25) is 5.02 Å². The number of ether oxygens (including phenoxy) is 1. The molecule has 0 saturated heterocycles. The molecular weight excluding hydrogens is 276 g/mol. The van der Waals surface area contributed by atoms with Crippen LogP contribution in [0.3, 0.4) is 0 Å². The second-order valence-corrected chi connectivity index (χ2v) is 5.59. The third-order valence-corrected chi connectivity index (χ3v) is 4.26. The summed E-state index contributed by atoms with van der Waals surface area (Å²) < 4.78 is 5.66. The second-order valence-electron chi connectivity index (χ2n) is 5.18. The molecular formula is C16H23ClO3. The first-order chi connectivity index (χ1) is 9.45. The monoisotopic (exact) mass is 298 g/mol. The van der Waals surface area contributed by atoms with E-state index in [0.717, 1.165) is 5.56 Å². The highest BCUT2D eigenvalue weighted by molar-refractivity contribution is 6.32. The van der Waals surface area contributed by atoms with Crippen LogP contribution in [-0.4, -0.2) is 17.7 Å². The van der Waals surface area contributed by atoms with Gasteiger partial charge in [-0.3, -0.25) is 4.79 Å². The Morgan fingerprint density at radius 3 is 2.55 bits per heavy atom. The van der Waals surface area contributed by atoms with E-state index in [1.165, 1.54) is 0 Å². The molecule has 1 N–H and O–H groups in total. The molecule has 112 valence electrons. The van der Waals surface area contributed by atoms with E-state index in [0.29, 0.717) is 43.1 Å².